The summed E-state index contributed by atoms with van der Waals surface area (Å²) in [6, 6.07) is 15.0. The van der Waals surface area contributed by atoms with E-state index >= 15 is 0 Å². The van der Waals surface area contributed by atoms with E-state index in [0.29, 0.717) is 23.8 Å². The van der Waals surface area contributed by atoms with Gasteiger partial charge in [0.1, 0.15) is 5.75 Å². The number of carbonyl (C=O) groups is 2. The topological polar surface area (TPSA) is 58.6 Å². The van der Waals surface area contributed by atoms with E-state index in [1.807, 2.05) is 36.4 Å². The molecule has 0 aliphatic heterocycles. The molecule has 0 heterocycles. The summed E-state index contributed by atoms with van der Waals surface area (Å²) in [6.45, 7) is 4.69. The molecule has 0 aromatic heterocycles. The molecule has 138 valence electrons. The lowest BCUT2D eigenvalue weighted by Gasteiger charge is -2.18. The highest BCUT2D eigenvalue weighted by Crippen LogP contribution is 2.20. The molecule has 5 nitrogen and oxygen atoms in total. The maximum Gasteiger partial charge on any atom is 0.260 e. The van der Waals surface area contributed by atoms with Gasteiger partial charge in [-0.15, -0.1) is 0 Å². The fraction of sp³-hybridized carbons (Fsp3) is 0.333. The fourth-order valence-corrected chi connectivity index (χ4v) is 2.49. The Labute approximate surface area is 155 Å². The van der Waals surface area contributed by atoms with Gasteiger partial charge in [-0.3, -0.25) is 9.59 Å². The zero-order valence-corrected chi connectivity index (χ0v) is 15.8. The molecule has 1 N–H and O–H groups in total. The van der Waals surface area contributed by atoms with E-state index in [1.165, 1.54) is 5.56 Å². The van der Waals surface area contributed by atoms with E-state index in [0.717, 1.165) is 5.56 Å². The lowest BCUT2D eigenvalue weighted by Crippen LogP contribution is -2.31. The summed E-state index contributed by atoms with van der Waals surface area (Å²) in [5, 5.41) is 2.58. The van der Waals surface area contributed by atoms with Crippen LogP contribution >= 0.6 is 0 Å². The Balaban J connectivity index is 1.89. The van der Waals surface area contributed by atoms with Crippen LogP contribution in [0.25, 0.3) is 0 Å². The second-order valence-corrected chi connectivity index (χ2v) is 6.54. The van der Waals surface area contributed by atoms with Crippen LogP contribution in [0.4, 0.5) is 0 Å². The summed E-state index contributed by atoms with van der Waals surface area (Å²) >= 11 is 0. The molecule has 0 aliphatic rings. The summed E-state index contributed by atoms with van der Waals surface area (Å²) in [7, 11) is 3.34. The van der Waals surface area contributed by atoms with E-state index in [2.05, 4.69) is 19.2 Å². The third-order valence-corrected chi connectivity index (χ3v) is 4.18. The molecule has 2 aromatic carbocycles. The number of hydrogen-bond acceptors (Lipinski definition) is 3. The van der Waals surface area contributed by atoms with Crippen molar-refractivity contribution in [2.75, 3.05) is 20.7 Å². The van der Waals surface area contributed by atoms with Crippen LogP contribution in [0, 0.1) is 0 Å². The van der Waals surface area contributed by atoms with Gasteiger partial charge in [-0.1, -0.05) is 38.1 Å². The highest BCUT2D eigenvalue weighted by atomic mass is 16.5. The predicted molar refractivity (Wildman–Crippen MR) is 102 cm³/mol. The van der Waals surface area contributed by atoms with Gasteiger partial charge in [0, 0.05) is 26.2 Å². The predicted octanol–water partition coefficient (Wildman–Crippen LogP) is 3.21. The number of benzene rings is 2. The number of carbonyl (C=O) groups excluding carboxylic acids is 2. The molecule has 0 radical (unpaired) electrons. The van der Waals surface area contributed by atoms with Gasteiger partial charge < -0.3 is 15.0 Å². The third-order valence-electron chi connectivity index (χ3n) is 4.18. The maximum absolute atomic E-state index is 12.3. The van der Waals surface area contributed by atoms with E-state index in [-0.39, 0.29) is 18.4 Å². The zero-order valence-electron chi connectivity index (χ0n) is 15.8. The number of rotatable bonds is 7. The molecule has 0 spiro atoms. The summed E-state index contributed by atoms with van der Waals surface area (Å²) in [6.07, 6.45) is 0. The molecule has 0 atom stereocenters. The molecule has 0 saturated carbocycles. The van der Waals surface area contributed by atoms with Crippen molar-refractivity contribution in [2.24, 2.45) is 0 Å². The minimum atomic E-state index is -0.127. The molecule has 0 saturated heterocycles. The van der Waals surface area contributed by atoms with Crippen molar-refractivity contribution in [1.82, 2.24) is 10.2 Å². The molecule has 0 fully saturated rings. The monoisotopic (exact) mass is 354 g/mol. The highest BCUT2D eigenvalue weighted by Gasteiger charge is 2.11. The van der Waals surface area contributed by atoms with Crippen LogP contribution in [0.15, 0.2) is 48.5 Å². The van der Waals surface area contributed by atoms with Gasteiger partial charge in [-0.2, -0.15) is 0 Å². The van der Waals surface area contributed by atoms with Gasteiger partial charge in [0.2, 0.25) is 0 Å². The average Bonchev–Trinajstić information content (AvgIpc) is 2.66. The van der Waals surface area contributed by atoms with E-state index < -0.39 is 0 Å². The van der Waals surface area contributed by atoms with Crippen molar-refractivity contribution < 1.29 is 14.3 Å². The summed E-state index contributed by atoms with van der Waals surface area (Å²) in [5.74, 6) is 0.885. The number of nitrogens with zero attached hydrogens (tertiary/aromatic N) is 1. The van der Waals surface area contributed by atoms with Crippen molar-refractivity contribution in [3.05, 3.63) is 65.2 Å². The van der Waals surface area contributed by atoms with Crippen LogP contribution in [-0.4, -0.2) is 37.4 Å². The van der Waals surface area contributed by atoms with Gasteiger partial charge in [-0.05, 0) is 41.3 Å². The van der Waals surface area contributed by atoms with Crippen LogP contribution in [0.1, 0.15) is 41.3 Å². The van der Waals surface area contributed by atoms with Gasteiger partial charge in [0.25, 0.3) is 11.8 Å². The first-order valence-corrected chi connectivity index (χ1v) is 8.68. The van der Waals surface area contributed by atoms with Crippen LogP contribution in [0.3, 0.4) is 0 Å². The zero-order chi connectivity index (χ0) is 19.1. The highest BCUT2D eigenvalue weighted by molar-refractivity contribution is 5.93. The van der Waals surface area contributed by atoms with Crippen molar-refractivity contribution in [3.63, 3.8) is 0 Å². The summed E-state index contributed by atoms with van der Waals surface area (Å²) in [5.41, 5.74) is 2.73. The molecule has 0 bridgehead atoms. The molecule has 2 rings (SSSR count). The normalized spacial score (nSPS) is 10.5. The van der Waals surface area contributed by atoms with Gasteiger partial charge >= 0.3 is 0 Å². The van der Waals surface area contributed by atoms with Crippen molar-refractivity contribution in [2.45, 2.75) is 26.3 Å². The SMILES string of the molecule is CNC(=O)c1ccc(CN(C)C(=O)COc2cccc(C(C)C)c2)cc1. The lowest BCUT2D eigenvalue weighted by molar-refractivity contribution is -0.132. The third kappa shape index (κ3) is 5.34. The van der Waals surface area contributed by atoms with Crippen molar-refractivity contribution in [3.8, 4) is 5.75 Å². The molecule has 2 amide bonds. The first kappa shape index (κ1) is 19.5. The Bertz CT molecular complexity index is 754. The molecule has 2 aromatic rings. The van der Waals surface area contributed by atoms with Gasteiger partial charge in [0.15, 0.2) is 6.61 Å². The first-order chi connectivity index (χ1) is 12.4. The standard InChI is InChI=1S/C21H26N2O3/c1-15(2)18-6-5-7-19(12-18)26-14-20(24)23(4)13-16-8-10-17(11-9-16)21(25)22-3/h5-12,15H,13-14H2,1-4H3,(H,22,25). The summed E-state index contributed by atoms with van der Waals surface area (Å²) < 4.78 is 5.64. The number of nitrogens with one attached hydrogen (secondary N) is 1. The molecule has 0 aliphatic carbocycles. The number of amides is 2. The van der Waals surface area contributed by atoms with Crippen molar-refractivity contribution in [1.29, 1.82) is 0 Å². The van der Waals surface area contributed by atoms with E-state index in [9.17, 15) is 9.59 Å². The second kappa shape index (κ2) is 9.04. The Morgan fingerprint density at radius 3 is 2.42 bits per heavy atom. The van der Waals surface area contributed by atoms with Gasteiger partial charge in [0.05, 0.1) is 0 Å². The summed E-state index contributed by atoms with van der Waals surface area (Å²) in [4.78, 5) is 25.5. The van der Waals surface area contributed by atoms with Crippen LogP contribution in [0.5, 0.6) is 5.75 Å². The molecule has 26 heavy (non-hydrogen) atoms. The quantitative estimate of drug-likeness (QED) is 0.831. The Hall–Kier alpha value is -2.82. The van der Waals surface area contributed by atoms with Crippen LogP contribution in [0.2, 0.25) is 0 Å². The fourth-order valence-electron chi connectivity index (χ4n) is 2.49. The second-order valence-electron chi connectivity index (χ2n) is 6.54. The van der Waals surface area contributed by atoms with Crippen LogP contribution < -0.4 is 10.1 Å². The molecular formula is C21H26N2O3. The van der Waals surface area contributed by atoms with Crippen LogP contribution in [-0.2, 0) is 11.3 Å². The largest absolute Gasteiger partial charge is 0.484 e. The van der Waals surface area contributed by atoms with Crippen molar-refractivity contribution >= 4 is 11.8 Å². The first-order valence-electron chi connectivity index (χ1n) is 8.68. The van der Waals surface area contributed by atoms with Gasteiger partial charge in [-0.25, -0.2) is 0 Å². The lowest BCUT2D eigenvalue weighted by atomic mass is 10.0. The number of likely N-dealkylation sites (N-methyl/N-ethyl adjacent to an activating group) is 1. The number of ether oxygens (including phenoxy) is 1. The molecule has 0 unspecified atom stereocenters. The molecular weight excluding hydrogens is 328 g/mol. The van der Waals surface area contributed by atoms with E-state index in [1.54, 1.807) is 31.1 Å². The maximum atomic E-state index is 12.3. The van der Waals surface area contributed by atoms with E-state index in [4.69, 9.17) is 4.74 Å². The number of hydrogen-bond donors (Lipinski definition) is 1. The average molecular weight is 354 g/mol. The minimum absolute atomic E-state index is 0.00558. The Morgan fingerprint density at radius 1 is 1.12 bits per heavy atom. The smallest absolute Gasteiger partial charge is 0.260 e. The molecule has 5 heteroatoms. The Morgan fingerprint density at radius 2 is 1.81 bits per heavy atom. The Kier molecular flexibility index (Phi) is 6.78. The minimum Gasteiger partial charge on any atom is -0.484 e.